The molecule has 2 unspecified atom stereocenters. The predicted molar refractivity (Wildman–Crippen MR) is 46.6 cm³/mol. The third-order valence-corrected chi connectivity index (χ3v) is 2.53. The van der Waals surface area contributed by atoms with Crippen molar-refractivity contribution in [2.45, 2.75) is 32.7 Å². The molecule has 2 N–H and O–H groups in total. The second-order valence-electron chi connectivity index (χ2n) is 3.82. The van der Waals surface area contributed by atoms with Crippen LogP contribution in [0.3, 0.4) is 0 Å². The Kier molecular flexibility index (Phi) is 3.09. The fourth-order valence-electron chi connectivity index (χ4n) is 1.79. The molecular weight excluding hydrogens is 154 g/mol. The summed E-state index contributed by atoms with van der Waals surface area (Å²) in [5, 5.41) is 12.0. The van der Waals surface area contributed by atoms with Crippen molar-refractivity contribution < 1.29 is 9.90 Å². The number of aliphatic hydroxyl groups is 1. The van der Waals surface area contributed by atoms with Crippen LogP contribution in [0.4, 0.5) is 0 Å². The van der Waals surface area contributed by atoms with Gasteiger partial charge in [0.2, 0.25) is 5.91 Å². The molecule has 1 aliphatic heterocycles. The molecule has 1 rings (SSSR count). The number of carbonyl (C=O) groups excluding carboxylic acids is 1. The number of carbonyl (C=O) groups is 1. The number of hydrogen-bond acceptors (Lipinski definition) is 2. The lowest BCUT2D eigenvalue weighted by atomic mass is 9.84. The maximum Gasteiger partial charge on any atom is 0.220 e. The quantitative estimate of drug-likeness (QED) is 0.636. The number of piperidine rings is 1. The highest BCUT2D eigenvalue weighted by Crippen LogP contribution is 2.21. The van der Waals surface area contributed by atoms with Crippen LogP contribution in [0.25, 0.3) is 0 Å². The van der Waals surface area contributed by atoms with E-state index in [2.05, 4.69) is 19.2 Å². The SMILES string of the molecule is CC(C)C1NC(=O)CCC1CO. The maximum absolute atomic E-state index is 11.0. The van der Waals surface area contributed by atoms with Crippen molar-refractivity contribution in [1.29, 1.82) is 0 Å². The molecule has 0 bridgehead atoms. The molecule has 12 heavy (non-hydrogen) atoms. The van der Waals surface area contributed by atoms with Gasteiger partial charge in [0.25, 0.3) is 0 Å². The summed E-state index contributed by atoms with van der Waals surface area (Å²) in [7, 11) is 0. The molecule has 1 aliphatic rings. The molecule has 3 nitrogen and oxygen atoms in total. The van der Waals surface area contributed by atoms with Gasteiger partial charge in [-0.3, -0.25) is 4.79 Å². The van der Waals surface area contributed by atoms with Crippen LogP contribution < -0.4 is 5.32 Å². The Bertz CT molecular complexity index is 168. The van der Waals surface area contributed by atoms with Gasteiger partial charge >= 0.3 is 0 Å². The van der Waals surface area contributed by atoms with Gasteiger partial charge in [-0.15, -0.1) is 0 Å². The first-order valence-electron chi connectivity index (χ1n) is 4.55. The van der Waals surface area contributed by atoms with Crippen LogP contribution in [0, 0.1) is 11.8 Å². The summed E-state index contributed by atoms with van der Waals surface area (Å²) >= 11 is 0. The zero-order valence-electron chi connectivity index (χ0n) is 7.71. The Morgan fingerprint density at radius 3 is 2.83 bits per heavy atom. The van der Waals surface area contributed by atoms with E-state index >= 15 is 0 Å². The highest BCUT2D eigenvalue weighted by molar-refractivity contribution is 5.77. The topological polar surface area (TPSA) is 49.3 Å². The standard InChI is InChI=1S/C9H17NO2/c1-6(2)9-7(5-11)3-4-8(12)10-9/h6-7,9,11H,3-5H2,1-2H3,(H,10,12). The van der Waals surface area contributed by atoms with Crippen LogP contribution in [0.15, 0.2) is 0 Å². The lowest BCUT2D eigenvalue weighted by Gasteiger charge is -2.33. The first-order chi connectivity index (χ1) is 5.65. The molecule has 0 aromatic carbocycles. The van der Waals surface area contributed by atoms with E-state index in [1.807, 2.05) is 0 Å². The van der Waals surface area contributed by atoms with Gasteiger partial charge in [0.05, 0.1) is 0 Å². The van der Waals surface area contributed by atoms with Gasteiger partial charge in [0.1, 0.15) is 0 Å². The fourth-order valence-corrected chi connectivity index (χ4v) is 1.79. The number of aliphatic hydroxyl groups excluding tert-OH is 1. The lowest BCUT2D eigenvalue weighted by Crippen LogP contribution is -2.49. The van der Waals surface area contributed by atoms with E-state index in [1.54, 1.807) is 0 Å². The average molecular weight is 171 g/mol. The molecule has 1 saturated heterocycles. The molecule has 0 saturated carbocycles. The summed E-state index contributed by atoms with van der Waals surface area (Å²) in [6.07, 6.45) is 1.39. The Balaban J connectivity index is 2.57. The minimum absolute atomic E-state index is 0.124. The molecule has 1 fully saturated rings. The van der Waals surface area contributed by atoms with E-state index in [-0.39, 0.29) is 24.5 Å². The molecular formula is C9H17NO2. The van der Waals surface area contributed by atoms with Crippen LogP contribution in [0.5, 0.6) is 0 Å². The van der Waals surface area contributed by atoms with Crippen LogP contribution in [-0.4, -0.2) is 23.7 Å². The van der Waals surface area contributed by atoms with Gasteiger partial charge in [-0.25, -0.2) is 0 Å². The summed E-state index contributed by atoms with van der Waals surface area (Å²) < 4.78 is 0. The van der Waals surface area contributed by atoms with Gasteiger partial charge in [0, 0.05) is 25.0 Å². The molecule has 70 valence electrons. The average Bonchev–Trinajstić information content (AvgIpc) is 2.04. The summed E-state index contributed by atoms with van der Waals surface area (Å²) in [6, 6.07) is 0.163. The molecule has 3 heteroatoms. The summed E-state index contributed by atoms with van der Waals surface area (Å²) in [5.41, 5.74) is 0. The Hall–Kier alpha value is -0.570. The van der Waals surface area contributed by atoms with Crippen molar-refractivity contribution in [1.82, 2.24) is 5.32 Å². The third-order valence-electron chi connectivity index (χ3n) is 2.53. The monoisotopic (exact) mass is 171 g/mol. The molecule has 0 aliphatic carbocycles. The van der Waals surface area contributed by atoms with E-state index in [0.717, 1.165) is 6.42 Å². The Morgan fingerprint density at radius 1 is 1.67 bits per heavy atom. The molecule has 1 amide bonds. The van der Waals surface area contributed by atoms with Crippen LogP contribution in [-0.2, 0) is 4.79 Å². The van der Waals surface area contributed by atoms with Crippen molar-refractivity contribution in [3.63, 3.8) is 0 Å². The summed E-state index contributed by atoms with van der Waals surface area (Å²) in [5.74, 6) is 0.785. The lowest BCUT2D eigenvalue weighted by molar-refractivity contribution is -0.125. The first-order valence-corrected chi connectivity index (χ1v) is 4.55. The van der Waals surface area contributed by atoms with Crippen molar-refractivity contribution in [3.05, 3.63) is 0 Å². The van der Waals surface area contributed by atoms with Crippen molar-refractivity contribution in [3.8, 4) is 0 Å². The molecule has 0 aromatic heterocycles. The normalized spacial score (nSPS) is 30.5. The summed E-state index contributed by atoms with van der Waals surface area (Å²) in [6.45, 7) is 4.32. The second kappa shape index (κ2) is 3.90. The largest absolute Gasteiger partial charge is 0.396 e. The smallest absolute Gasteiger partial charge is 0.220 e. The van der Waals surface area contributed by atoms with Crippen molar-refractivity contribution in [2.24, 2.45) is 11.8 Å². The Morgan fingerprint density at radius 2 is 2.33 bits per heavy atom. The number of nitrogens with one attached hydrogen (secondary N) is 1. The Labute approximate surface area is 73.2 Å². The van der Waals surface area contributed by atoms with Gasteiger partial charge in [-0.05, 0) is 12.3 Å². The van der Waals surface area contributed by atoms with Gasteiger partial charge in [0.15, 0.2) is 0 Å². The van der Waals surface area contributed by atoms with Gasteiger partial charge in [-0.2, -0.15) is 0 Å². The van der Waals surface area contributed by atoms with E-state index < -0.39 is 0 Å². The van der Waals surface area contributed by atoms with Crippen LogP contribution in [0.1, 0.15) is 26.7 Å². The number of hydrogen-bond donors (Lipinski definition) is 2. The molecule has 0 spiro atoms. The third kappa shape index (κ3) is 1.97. The molecule has 0 aromatic rings. The first kappa shape index (κ1) is 9.52. The van der Waals surface area contributed by atoms with Crippen molar-refractivity contribution >= 4 is 5.91 Å². The highest BCUT2D eigenvalue weighted by Gasteiger charge is 2.29. The fraction of sp³-hybridized carbons (Fsp3) is 0.889. The van der Waals surface area contributed by atoms with Crippen molar-refractivity contribution in [2.75, 3.05) is 6.61 Å². The van der Waals surface area contributed by atoms with E-state index in [0.29, 0.717) is 12.3 Å². The van der Waals surface area contributed by atoms with Crippen LogP contribution >= 0.6 is 0 Å². The van der Waals surface area contributed by atoms with Crippen LogP contribution in [0.2, 0.25) is 0 Å². The zero-order chi connectivity index (χ0) is 9.14. The second-order valence-corrected chi connectivity index (χ2v) is 3.82. The molecule has 1 heterocycles. The minimum atomic E-state index is 0.124. The zero-order valence-corrected chi connectivity index (χ0v) is 7.71. The van der Waals surface area contributed by atoms with E-state index in [9.17, 15) is 4.79 Å². The number of amides is 1. The van der Waals surface area contributed by atoms with E-state index in [4.69, 9.17) is 5.11 Å². The van der Waals surface area contributed by atoms with Gasteiger partial charge < -0.3 is 10.4 Å². The molecule has 2 atom stereocenters. The number of rotatable bonds is 2. The maximum atomic E-state index is 11.0. The predicted octanol–water partition coefficient (Wildman–Crippen LogP) is 0.529. The highest BCUT2D eigenvalue weighted by atomic mass is 16.3. The summed E-state index contributed by atoms with van der Waals surface area (Å²) in [4.78, 5) is 11.0. The van der Waals surface area contributed by atoms with E-state index in [1.165, 1.54) is 0 Å². The molecule has 0 radical (unpaired) electrons. The minimum Gasteiger partial charge on any atom is -0.396 e. The van der Waals surface area contributed by atoms with Gasteiger partial charge in [-0.1, -0.05) is 13.8 Å².